The highest BCUT2D eigenvalue weighted by Gasteiger charge is 2.42. The second-order valence-corrected chi connectivity index (χ2v) is 7.60. The van der Waals surface area contributed by atoms with Crippen molar-refractivity contribution in [2.75, 3.05) is 13.1 Å². The fraction of sp³-hybridized carbons (Fsp3) is 0.409. The zero-order valence-electron chi connectivity index (χ0n) is 15.0. The van der Waals surface area contributed by atoms with Crippen molar-refractivity contribution < 1.29 is 4.74 Å². The van der Waals surface area contributed by atoms with Gasteiger partial charge in [-0.05, 0) is 54.8 Å². The van der Waals surface area contributed by atoms with Gasteiger partial charge in [0.15, 0.2) is 0 Å². The van der Waals surface area contributed by atoms with E-state index in [0.29, 0.717) is 11.6 Å². The summed E-state index contributed by atoms with van der Waals surface area (Å²) < 4.78 is 6.42. The Morgan fingerprint density at radius 3 is 2.36 bits per heavy atom. The standard InChI is InChI=1S/C22H24N2O/c1-16(2)24-11-9-22(10-12-24)14-20-13-19(7-8-21(20)25-22)18-5-3-17(15-23)4-6-18/h3-8,13,16H,9-12,14H2,1-2H3. The largest absolute Gasteiger partial charge is 0.487 e. The van der Waals surface area contributed by atoms with Crippen molar-refractivity contribution >= 4 is 0 Å². The van der Waals surface area contributed by atoms with Gasteiger partial charge < -0.3 is 9.64 Å². The van der Waals surface area contributed by atoms with Gasteiger partial charge in [-0.1, -0.05) is 18.2 Å². The van der Waals surface area contributed by atoms with Crippen LogP contribution in [0.4, 0.5) is 0 Å². The highest BCUT2D eigenvalue weighted by atomic mass is 16.5. The Kier molecular flexibility index (Phi) is 4.01. The van der Waals surface area contributed by atoms with Crippen LogP contribution in [0.25, 0.3) is 11.1 Å². The maximum absolute atomic E-state index is 8.95. The van der Waals surface area contributed by atoms with Crippen molar-refractivity contribution in [2.24, 2.45) is 0 Å². The molecule has 0 N–H and O–H groups in total. The number of piperidine rings is 1. The van der Waals surface area contributed by atoms with Gasteiger partial charge in [0.25, 0.3) is 0 Å². The first-order valence-electron chi connectivity index (χ1n) is 9.15. The molecule has 128 valence electrons. The van der Waals surface area contributed by atoms with Crippen LogP contribution in [0, 0.1) is 11.3 Å². The van der Waals surface area contributed by atoms with Crippen LogP contribution in [0.15, 0.2) is 42.5 Å². The van der Waals surface area contributed by atoms with E-state index in [1.54, 1.807) is 0 Å². The van der Waals surface area contributed by atoms with Crippen LogP contribution < -0.4 is 4.74 Å². The number of ether oxygens (including phenoxy) is 1. The fourth-order valence-electron chi connectivity index (χ4n) is 4.08. The highest BCUT2D eigenvalue weighted by molar-refractivity contribution is 5.67. The molecule has 0 amide bonds. The lowest BCUT2D eigenvalue weighted by molar-refractivity contribution is 0.0103. The molecule has 0 atom stereocenters. The van der Waals surface area contributed by atoms with Gasteiger partial charge >= 0.3 is 0 Å². The molecule has 0 aromatic heterocycles. The lowest BCUT2D eigenvalue weighted by atomic mass is 9.86. The van der Waals surface area contributed by atoms with E-state index in [-0.39, 0.29) is 5.60 Å². The van der Waals surface area contributed by atoms with Gasteiger partial charge in [-0.2, -0.15) is 5.26 Å². The first-order chi connectivity index (χ1) is 12.1. The Morgan fingerprint density at radius 1 is 1.04 bits per heavy atom. The molecule has 1 spiro atoms. The molecule has 4 rings (SSSR count). The maximum atomic E-state index is 8.95. The number of benzene rings is 2. The first-order valence-corrected chi connectivity index (χ1v) is 9.15. The monoisotopic (exact) mass is 332 g/mol. The number of rotatable bonds is 2. The molecule has 0 radical (unpaired) electrons. The van der Waals surface area contributed by atoms with Crippen LogP contribution in [0.5, 0.6) is 5.75 Å². The van der Waals surface area contributed by atoms with E-state index in [0.717, 1.165) is 43.7 Å². The zero-order valence-corrected chi connectivity index (χ0v) is 15.0. The molecule has 2 aliphatic heterocycles. The van der Waals surface area contributed by atoms with E-state index in [9.17, 15) is 0 Å². The predicted octanol–water partition coefficient (Wildman–Crippen LogP) is 4.40. The number of likely N-dealkylation sites (tertiary alicyclic amines) is 1. The summed E-state index contributed by atoms with van der Waals surface area (Å²) in [6.07, 6.45) is 3.22. The van der Waals surface area contributed by atoms with Crippen molar-refractivity contribution in [3.05, 3.63) is 53.6 Å². The summed E-state index contributed by atoms with van der Waals surface area (Å²) in [6.45, 7) is 6.78. The summed E-state index contributed by atoms with van der Waals surface area (Å²) in [7, 11) is 0. The minimum Gasteiger partial charge on any atom is -0.487 e. The van der Waals surface area contributed by atoms with Crippen LogP contribution in [-0.4, -0.2) is 29.6 Å². The van der Waals surface area contributed by atoms with Gasteiger partial charge in [0, 0.05) is 38.4 Å². The third kappa shape index (κ3) is 3.03. The van der Waals surface area contributed by atoms with Crippen molar-refractivity contribution in [3.63, 3.8) is 0 Å². The van der Waals surface area contributed by atoms with Gasteiger partial charge in [-0.25, -0.2) is 0 Å². The molecule has 2 heterocycles. The highest BCUT2D eigenvalue weighted by Crippen LogP contribution is 2.42. The number of fused-ring (bicyclic) bond motifs is 1. The van der Waals surface area contributed by atoms with E-state index in [4.69, 9.17) is 10.00 Å². The molecule has 0 saturated carbocycles. The molecule has 0 aliphatic carbocycles. The molecule has 0 unspecified atom stereocenters. The molecule has 0 bridgehead atoms. The van der Waals surface area contributed by atoms with Crippen molar-refractivity contribution in [2.45, 2.75) is 44.8 Å². The molecule has 1 fully saturated rings. The van der Waals surface area contributed by atoms with E-state index in [2.05, 4.69) is 43.0 Å². The second-order valence-electron chi connectivity index (χ2n) is 7.60. The van der Waals surface area contributed by atoms with E-state index >= 15 is 0 Å². The maximum Gasteiger partial charge on any atom is 0.123 e. The first kappa shape index (κ1) is 16.2. The Bertz CT molecular complexity index is 809. The van der Waals surface area contributed by atoms with Crippen LogP contribution in [0.1, 0.15) is 37.8 Å². The topological polar surface area (TPSA) is 36.3 Å². The summed E-state index contributed by atoms with van der Waals surface area (Å²) in [5.41, 5.74) is 4.36. The van der Waals surface area contributed by atoms with E-state index in [1.165, 1.54) is 11.1 Å². The van der Waals surface area contributed by atoms with Gasteiger partial charge in [0.2, 0.25) is 0 Å². The Hall–Kier alpha value is -2.31. The lowest BCUT2D eigenvalue weighted by Gasteiger charge is -2.40. The average Bonchev–Trinajstić information content (AvgIpc) is 2.98. The average molecular weight is 332 g/mol. The van der Waals surface area contributed by atoms with Crippen molar-refractivity contribution in [3.8, 4) is 22.9 Å². The van der Waals surface area contributed by atoms with Crippen LogP contribution in [0.3, 0.4) is 0 Å². The minimum absolute atomic E-state index is 0.00296. The van der Waals surface area contributed by atoms with Gasteiger partial charge in [-0.15, -0.1) is 0 Å². The normalized spacial score (nSPS) is 18.8. The van der Waals surface area contributed by atoms with Gasteiger partial charge in [0.05, 0.1) is 11.6 Å². The smallest absolute Gasteiger partial charge is 0.123 e. The van der Waals surface area contributed by atoms with E-state index in [1.807, 2.05) is 24.3 Å². The number of hydrogen-bond donors (Lipinski definition) is 0. The molecule has 2 aromatic carbocycles. The predicted molar refractivity (Wildman–Crippen MR) is 99.6 cm³/mol. The van der Waals surface area contributed by atoms with Crippen LogP contribution in [-0.2, 0) is 6.42 Å². The van der Waals surface area contributed by atoms with Crippen LogP contribution in [0.2, 0.25) is 0 Å². The Morgan fingerprint density at radius 2 is 1.72 bits per heavy atom. The minimum atomic E-state index is -0.00296. The summed E-state index contributed by atoms with van der Waals surface area (Å²) in [5, 5.41) is 8.95. The molecule has 3 heteroatoms. The summed E-state index contributed by atoms with van der Waals surface area (Å²) in [5.74, 6) is 1.05. The summed E-state index contributed by atoms with van der Waals surface area (Å²) in [4.78, 5) is 2.54. The molecule has 25 heavy (non-hydrogen) atoms. The SMILES string of the molecule is CC(C)N1CCC2(CC1)Cc1cc(-c3ccc(C#N)cc3)ccc1O2. The molecule has 3 nitrogen and oxygen atoms in total. The fourth-order valence-corrected chi connectivity index (χ4v) is 4.08. The van der Waals surface area contributed by atoms with Crippen molar-refractivity contribution in [1.82, 2.24) is 4.90 Å². The third-order valence-electron chi connectivity index (χ3n) is 5.69. The van der Waals surface area contributed by atoms with Gasteiger partial charge in [-0.3, -0.25) is 0 Å². The molecular formula is C22H24N2O. The Balaban J connectivity index is 1.54. The Labute approximate surface area is 149 Å². The molecule has 2 aliphatic rings. The molecule has 2 aromatic rings. The van der Waals surface area contributed by atoms with Crippen LogP contribution >= 0.6 is 0 Å². The number of hydrogen-bond acceptors (Lipinski definition) is 3. The molecule has 1 saturated heterocycles. The summed E-state index contributed by atoms with van der Waals surface area (Å²) >= 11 is 0. The summed E-state index contributed by atoms with van der Waals surface area (Å²) in [6, 6.07) is 17.1. The molecular weight excluding hydrogens is 308 g/mol. The zero-order chi connectivity index (χ0) is 17.4. The van der Waals surface area contributed by atoms with E-state index < -0.39 is 0 Å². The van der Waals surface area contributed by atoms with Crippen molar-refractivity contribution in [1.29, 1.82) is 5.26 Å². The third-order valence-corrected chi connectivity index (χ3v) is 5.69. The number of nitriles is 1. The van der Waals surface area contributed by atoms with Gasteiger partial charge in [0.1, 0.15) is 11.4 Å². The quantitative estimate of drug-likeness (QED) is 0.817. The number of nitrogens with zero attached hydrogens (tertiary/aromatic N) is 2. The second kappa shape index (κ2) is 6.20. The lowest BCUT2D eigenvalue weighted by Crippen LogP contribution is -2.49.